The Bertz CT molecular complexity index is 637. The molecule has 1 aromatic carbocycles. The lowest BCUT2D eigenvalue weighted by Crippen LogP contribution is -2.10. The van der Waals surface area contributed by atoms with Crippen LogP contribution in [0.1, 0.15) is 27.0 Å². The zero-order valence-corrected chi connectivity index (χ0v) is 13.2. The van der Waals surface area contributed by atoms with Crippen LogP contribution in [0, 0.1) is 6.92 Å². The smallest absolute Gasteiger partial charge is 0.265 e. The summed E-state index contributed by atoms with van der Waals surface area (Å²) in [5, 5.41) is 3.29. The van der Waals surface area contributed by atoms with Crippen molar-refractivity contribution in [1.29, 1.82) is 0 Å². The minimum Gasteiger partial charge on any atom is -0.497 e. The maximum absolute atomic E-state index is 12.2. The molecule has 0 aliphatic carbocycles. The van der Waals surface area contributed by atoms with E-state index < -0.39 is 0 Å². The van der Waals surface area contributed by atoms with Crippen LogP contribution in [-0.4, -0.2) is 13.0 Å². The molecule has 0 fully saturated rings. The zero-order valence-electron chi connectivity index (χ0n) is 11.6. The first-order valence-electron chi connectivity index (χ1n) is 6.29. The van der Waals surface area contributed by atoms with E-state index >= 15 is 0 Å². The molecule has 1 aromatic heterocycles. The number of thiophene rings is 1. The van der Waals surface area contributed by atoms with Crippen LogP contribution in [0.5, 0.6) is 5.75 Å². The Kier molecular flexibility index (Phi) is 4.68. The monoisotopic (exact) mass is 309 g/mol. The van der Waals surface area contributed by atoms with Crippen molar-refractivity contribution < 1.29 is 9.53 Å². The Balaban J connectivity index is 2.18. The second kappa shape index (κ2) is 6.29. The summed E-state index contributed by atoms with van der Waals surface area (Å²) in [6, 6.07) is 7.09. The summed E-state index contributed by atoms with van der Waals surface area (Å²) in [5.74, 6) is 0.526. The molecule has 20 heavy (non-hydrogen) atoms. The molecular weight excluding hydrogens is 294 g/mol. The predicted molar refractivity (Wildman–Crippen MR) is 84.4 cm³/mol. The lowest BCUT2D eigenvalue weighted by molar-refractivity contribution is 0.103. The zero-order chi connectivity index (χ0) is 14.7. The van der Waals surface area contributed by atoms with Crippen molar-refractivity contribution in [2.45, 2.75) is 20.3 Å². The summed E-state index contributed by atoms with van der Waals surface area (Å²) in [6.07, 6.45) is 0.938. The summed E-state index contributed by atoms with van der Waals surface area (Å²) < 4.78 is 5.08. The van der Waals surface area contributed by atoms with Crippen LogP contribution >= 0.6 is 22.9 Å². The third-order valence-electron chi connectivity index (χ3n) is 2.99. The second-order valence-electron chi connectivity index (χ2n) is 4.37. The van der Waals surface area contributed by atoms with E-state index in [4.69, 9.17) is 16.3 Å². The van der Waals surface area contributed by atoms with E-state index in [1.54, 1.807) is 25.3 Å². The fourth-order valence-electron chi connectivity index (χ4n) is 1.89. The Hall–Kier alpha value is -1.52. The molecule has 0 radical (unpaired) electrons. The van der Waals surface area contributed by atoms with Gasteiger partial charge in [0.15, 0.2) is 0 Å². The SMILES string of the molecule is CCc1sc(C(=O)Nc2ccc(OC)cc2Cl)cc1C. The number of benzene rings is 1. The van der Waals surface area contributed by atoms with Gasteiger partial charge in [0.2, 0.25) is 0 Å². The van der Waals surface area contributed by atoms with Gasteiger partial charge in [-0.1, -0.05) is 18.5 Å². The van der Waals surface area contributed by atoms with Gasteiger partial charge in [0.05, 0.1) is 22.7 Å². The van der Waals surface area contributed by atoms with Gasteiger partial charge in [-0.05, 0) is 37.1 Å². The summed E-state index contributed by atoms with van der Waals surface area (Å²) in [5.41, 5.74) is 1.74. The molecule has 1 N–H and O–H groups in total. The van der Waals surface area contributed by atoms with Crippen molar-refractivity contribution in [3.8, 4) is 5.75 Å². The number of halogens is 1. The van der Waals surface area contributed by atoms with E-state index in [2.05, 4.69) is 12.2 Å². The first kappa shape index (κ1) is 14.9. The predicted octanol–water partition coefficient (Wildman–Crippen LogP) is 4.53. The molecule has 0 spiro atoms. The van der Waals surface area contributed by atoms with Gasteiger partial charge in [0.1, 0.15) is 5.75 Å². The van der Waals surface area contributed by atoms with Crippen molar-refractivity contribution >= 4 is 34.5 Å². The second-order valence-corrected chi connectivity index (χ2v) is 5.91. The van der Waals surface area contributed by atoms with Crippen LogP contribution in [0.25, 0.3) is 0 Å². The number of aryl methyl sites for hydroxylation is 2. The highest BCUT2D eigenvalue weighted by molar-refractivity contribution is 7.14. The number of hydrogen-bond acceptors (Lipinski definition) is 3. The molecule has 0 saturated carbocycles. The number of carbonyl (C=O) groups is 1. The van der Waals surface area contributed by atoms with Crippen molar-refractivity contribution in [3.63, 3.8) is 0 Å². The average molecular weight is 310 g/mol. The van der Waals surface area contributed by atoms with Gasteiger partial charge in [-0.2, -0.15) is 0 Å². The Morgan fingerprint density at radius 1 is 1.40 bits per heavy atom. The molecule has 0 unspecified atom stereocenters. The van der Waals surface area contributed by atoms with E-state index in [9.17, 15) is 4.79 Å². The molecule has 2 aromatic rings. The van der Waals surface area contributed by atoms with Crippen LogP contribution in [0.2, 0.25) is 5.02 Å². The fourth-order valence-corrected chi connectivity index (χ4v) is 3.12. The number of rotatable bonds is 4. The third-order valence-corrected chi connectivity index (χ3v) is 4.68. The van der Waals surface area contributed by atoms with Crippen LogP contribution in [-0.2, 0) is 6.42 Å². The molecular formula is C15H16ClNO2S. The molecule has 0 saturated heterocycles. The Morgan fingerprint density at radius 2 is 2.15 bits per heavy atom. The van der Waals surface area contributed by atoms with Gasteiger partial charge in [-0.15, -0.1) is 11.3 Å². The minimum absolute atomic E-state index is 0.134. The van der Waals surface area contributed by atoms with Gasteiger partial charge in [-0.3, -0.25) is 4.79 Å². The molecule has 0 aliphatic heterocycles. The first-order chi connectivity index (χ1) is 9.55. The third kappa shape index (κ3) is 3.14. The lowest BCUT2D eigenvalue weighted by Gasteiger charge is -2.07. The normalized spacial score (nSPS) is 10.4. The van der Waals surface area contributed by atoms with E-state index in [1.165, 1.54) is 16.2 Å². The highest BCUT2D eigenvalue weighted by Crippen LogP contribution is 2.28. The number of ether oxygens (including phenoxy) is 1. The molecule has 2 rings (SSSR count). The Morgan fingerprint density at radius 3 is 2.70 bits per heavy atom. The molecule has 5 heteroatoms. The van der Waals surface area contributed by atoms with E-state index in [1.807, 2.05) is 13.0 Å². The molecule has 1 heterocycles. The number of anilines is 1. The van der Waals surface area contributed by atoms with E-state index in [0.29, 0.717) is 21.3 Å². The van der Waals surface area contributed by atoms with Gasteiger partial charge >= 0.3 is 0 Å². The number of hydrogen-bond donors (Lipinski definition) is 1. The number of methoxy groups -OCH3 is 1. The van der Waals surface area contributed by atoms with Crippen LogP contribution < -0.4 is 10.1 Å². The fraction of sp³-hybridized carbons (Fsp3) is 0.267. The highest BCUT2D eigenvalue weighted by atomic mass is 35.5. The van der Waals surface area contributed by atoms with Gasteiger partial charge in [-0.25, -0.2) is 0 Å². The Labute approximate surface area is 127 Å². The lowest BCUT2D eigenvalue weighted by atomic mass is 10.2. The van der Waals surface area contributed by atoms with Crippen LogP contribution in [0.4, 0.5) is 5.69 Å². The van der Waals surface area contributed by atoms with Crippen molar-refractivity contribution in [2.24, 2.45) is 0 Å². The maximum atomic E-state index is 12.2. The van der Waals surface area contributed by atoms with Crippen molar-refractivity contribution in [2.75, 3.05) is 12.4 Å². The summed E-state index contributed by atoms with van der Waals surface area (Å²) in [7, 11) is 1.57. The maximum Gasteiger partial charge on any atom is 0.265 e. The van der Waals surface area contributed by atoms with E-state index in [0.717, 1.165) is 12.0 Å². The topological polar surface area (TPSA) is 38.3 Å². The van der Waals surface area contributed by atoms with Crippen LogP contribution in [0.3, 0.4) is 0 Å². The highest BCUT2D eigenvalue weighted by Gasteiger charge is 2.13. The first-order valence-corrected chi connectivity index (χ1v) is 7.48. The molecule has 106 valence electrons. The average Bonchev–Trinajstić information content (AvgIpc) is 2.82. The van der Waals surface area contributed by atoms with Gasteiger partial charge in [0.25, 0.3) is 5.91 Å². The molecule has 3 nitrogen and oxygen atoms in total. The quantitative estimate of drug-likeness (QED) is 0.901. The molecule has 0 aliphatic rings. The summed E-state index contributed by atoms with van der Waals surface area (Å²) in [6.45, 7) is 4.10. The largest absolute Gasteiger partial charge is 0.497 e. The number of amides is 1. The minimum atomic E-state index is -0.134. The summed E-state index contributed by atoms with van der Waals surface area (Å²) in [4.78, 5) is 14.1. The van der Waals surface area contributed by atoms with Crippen LogP contribution in [0.15, 0.2) is 24.3 Å². The van der Waals surface area contributed by atoms with Gasteiger partial charge < -0.3 is 10.1 Å². The number of carbonyl (C=O) groups excluding carboxylic acids is 1. The molecule has 1 amide bonds. The van der Waals surface area contributed by atoms with Crippen molar-refractivity contribution in [1.82, 2.24) is 0 Å². The van der Waals surface area contributed by atoms with Gasteiger partial charge in [0, 0.05) is 10.9 Å². The van der Waals surface area contributed by atoms with Crippen molar-refractivity contribution in [3.05, 3.63) is 44.6 Å². The number of nitrogens with one attached hydrogen (secondary N) is 1. The molecule has 0 bridgehead atoms. The standard InChI is InChI=1S/C15H16ClNO2S/c1-4-13-9(2)7-14(20-13)15(18)17-12-6-5-10(19-3)8-11(12)16/h5-8H,4H2,1-3H3,(H,17,18). The summed E-state index contributed by atoms with van der Waals surface area (Å²) >= 11 is 7.63. The molecule has 0 atom stereocenters. The van der Waals surface area contributed by atoms with E-state index in [-0.39, 0.29) is 5.91 Å².